The first-order valence-electron chi connectivity index (χ1n) is 6.12. The van der Waals surface area contributed by atoms with Crippen molar-refractivity contribution in [2.75, 3.05) is 0 Å². The normalized spacial score (nSPS) is 15.0. The lowest BCUT2D eigenvalue weighted by molar-refractivity contribution is 0.156. The average molecular weight is 235 g/mol. The number of aromatic amines is 1. The molecule has 0 aliphatic carbocycles. The van der Waals surface area contributed by atoms with E-state index in [2.05, 4.69) is 18.0 Å². The number of H-pyrrole nitrogens is 1. The maximum atomic E-state index is 11.5. The van der Waals surface area contributed by atoms with Crippen LogP contribution in [0.25, 0.3) is 0 Å². The van der Waals surface area contributed by atoms with Crippen molar-refractivity contribution in [1.82, 2.24) is 4.98 Å². The number of aromatic nitrogens is 1. The Kier molecular flexibility index (Phi) is 5.70. The summed E-state index contributed by atoms with van der Waals surface area (Å²) in [5, 5.41) is 9.94. The van der Waals surface area contributed by atoms with E-state index in [1.54, 1.807) is 18.3 Å². The molecule has 0 amide bonds. The molecule has 0 spiro atoms. The third-order valence-electron chi connectivity index (χ3n) is 2.91. The van der Waals surface area contributed by atoms with Crippen LogP contribution in [0, 0.1) is 5.92 Å². The Balaban J connectivity index is 2.47. The van der Waals surface area contributed by atoms with Crippen LogP contribution >= 0.6 is 0 Å². The second-order valence-electron chi connectivity index (χ2n) is 4.46. The van der Waals surface area contributed by atoms with Crippen LogP contribution in [0.4, 0.5) is 0 Å². The monoisotopic (exact) mass is 235 g/mol. The number of pyridine rings is 1. The lowest BCUT2D eigenvalue weighted by Gasteiger charge is -2.13. The SMILES string of the molecule is CC=CCC(C)CCC(O)c1ccc[nH]c1=O. The summed E-state index contributed by atoms with van der Waals surface area (Å²) in [7, 11) is 0. The Bertz CT molecular complexity index is 409. The molecule has 2 N–H and O–H groups in total. The molecule has 0 aliphatic rings. The van der Waals surface area contributed by atoms with E-state index in [0.29, 0.717) is 17.9 Å². The Hall–Kier alpha value is -1.35. The molecule has 3 nitrogen and oxygen atoms in total. The van der Waals surface area contributed by atoms with Gasteiger partial charge in [0, 0.05) is 11.8 Å². The fourth-order valence-corrected chi connectivity index (χ4v) is 1.78. The highest BCUT2D eigenvalue weighted by molar-refractivity contribution is 5.11. The molecule has 0 aliphatic heterocycles. The van der Waals surface area contributed by atoms with E-state index in [1.165, 1.54) is 0 Å². The first-order valence-corrected chi connectivity index (χ1v) is 6.12. The van der Waals surface area contributed by atoms with Crippen LogP contribution in [0.2, 0.25) is 0 Å². The van der Waals surface area contributed by atoms with Crippen LogP contribution in [0.3, 0.4) is 0 Å². The molecular weight excluding hydrogens is 214 g/mol. The van der Waals surface area contributed by atoms with Crippen molar-refractivity contribution >= 4 is 0 Å². The average Bonchev–Trinajstić information content (AvgIpc) is 2.34. The van der Waals surface area contributed by atoms with Gasteiger partial charge in [0.2, 0.25) is 0 Å². The summed E-state index contributed by atoms with van der Waals surface area (Å²) >= 11 is 0. The van der Waals surface area contributed by atoms with Gasteiger partial charge in [0.05, 0.1) is 6.10 Å². The van der Waals surface area contributed by atoms with Gasteiger partial charge < -0.3 is 10.1 Å². The third kappa shape index (κ3) is 4.57. The predicted octanol–water partition coefficient (Wildman–Crippen LogP) is 2.79. The van der Waals surface area contributed by atoms with Crippen molar-refractivity contribution in [1.29, 1.82) is 0 Å². The second-order valence-corrected chi connectivity index (χ2v) is 4.46. The fraction of sp³-hybridized carbons (Fsp3) is 0.500. The van der Waals surface area contributed by atoms with Gasteiger partial charge in [-0.3, -0.25) is 4.79 Å². The lowest BCUT2D eigenvalue weighted by atomic mass is 9.97. The summed E-state index contributed by atoms with van der Waals surface area (Å²) in [5.41, 5.74) is 0.270. The van der Waals surface area contributed by atoms with Crippen LogP contribution in [-0.4, -0.2) is 10.1 Å². The number of hydrogen-bond acceptors (Lipinski definition) is 2. The number of nitrogens with one attached hydrogen (secondary N) is 1. The first kappa shape index (κ1) is 13.7. The van der Waals surface area contributed by atoms with Crippen LogP contribution in [0.15, 0.2) is 35.3 Å². The van der Waals surface area contributed by atoms with E-state index in [4.69, 9.17) is 0 Å². The van der Waals surface area contributed by atoms with Crippen molar-refractivity contribution in [2.24, 2.45) is 5.92 Å². The molecule has 2 atom stereocenters. The molecule has 0 saturated carbocycles. The molecule has 0 aromatic carbocycles. The van der Waals surface area contributed by atoms with E-state index in [-0.39, 0.29) is 5.56 Å². The van der Waals surface area contributed by atoms with Crippen LogP contribution in [0.5, 0.6) is 0 Å². The van der Waals surface area contributed by atoms with Crippen LogP contribution in [-0.2, 0) is 0 Å². The summed E-state index contributed by atoms with van der Waals surface area (Å²) in [6.45, 7) is 4.16. The standard InChI is InChI=1S/C14H21NO2/c1-3-4-6-11(2)8-9-13(16)12-7-5-10-15-14(12)17/h3-5,7,10-11,13,16H,6,8-9H2,1-2H3,(H,15,17). The number of aliphatic hydroxyl groups excluding tert-OH is 1. The molecule has 0 radical (unpaired) electrons. The molecule has 0 saturated heterocycles. The summed E-state index contributed by atoms with van der Waals surface area (Å²) in [6.07, 6.45) is 7.65. The number of allylic oxidation sites excluding steroid dienone is 2. The molecule has 2 unspecified atom stereocenters. The van der Waals surface area contributed by atoms with Crippen molar-refractivity contribution in [2.45, 2.75) is 39.2 Å². The molecule has 1 aromatic heterocycles. The molecular formula is C14H21NO2. The van der Waals surface area contributed by atoms with Gasteiger partial charge in [-0.25, -0.2) is 0 Å². The van der Waals surface area contributed by atoms with Gasteiger partial charge in [-0.1, -0.05) is 19.1 Å². The molecule has 0 bridgehead atoms. The molecule has 3 heteroatoms. The maximum absolute atomic E-state index is 11.5. The minimum Gasteiger partial charge on any atom is -0.388 e. The lowest BCUT2D eigenvalue weighted by Crippen LogP contribution is -2.15. The summed E-state index contributed by atoms with van der Waals surface area (Å²) in [6, 6.07) is 3.42. The smallest absolute Gasteiger partial charge is 0.253 e. The molecule has 1 heterocycles. The zero-order valence-corrected chi connectivity index (χ0v) is 10.5. The zero-order valence-electron chi connectivity index (χ0n) is 10.5. The van der Waals surface area contributed by atoms with Crippen molar-refractivity contribution in [3.05, 3.63) is 46.4 Å². The maximum Gasteiger partial charge on any atom is 0.253 e. The quantitative estimate of drug-likeness (QED) is 0.745. The highest BCUT2D eigenvalue weighted by Crippen LogP contribution is 2.19. The predicted molar refractivity (Wildman–Crippen MR) is 69.9 cm³/mol. The first-order chi connectivity index (χ1) is 8.15. The van der Waals surface area contributed by atoms with Gasteiger partial charge in [0.1, 0.15) is 0 Å². The van der Waals surface area contributed by atoms with E-state index < -0.39 is 6.10 Å². The Morgan fingerprint density at radius 2 is 2.24 bits per heavy atom. The van der Waals surface area contributed by atoms with Gasteiger partial charge >= 0.3 is 0 Å². The number of hydrogen-bond donors (Lipinski definition) is 2. The van der Waals surface area contributed by atoms with Gasteiger partial charge in [0.15, 0.2) is 0 Å². The molecule has 17 heavy (non-hydrogen) atoms. The topological polar surface area (TPSA) is 53.1 Å². The Labute approximate surface area is 102 Å². The van der Waals surface area contributed by atoms with Gasteiger partial charge in [0.25, 0.3) is 5.56 Å². The zero-order chi connectivity index (χ0) is 12.7. The van der Waals surface area contributed by atoms with Gasteiger partial charge in [-0.15, -0.1) is 0 Å². The van der Waals surface area contributed by atoms with Crippen molar-refractivity contribution < 1.29 is 5.11 Å². The number of rotatable bonds is 6. The molecule has 1 aromatic rings. The van der Waals surface area contributed by atoms with Crippen molar-refractivity contribution in [3.8, 4) is 0 Å². The number of aliphatic hydroxyl groups is 1. The summed E-state index contributed by atoms with van der Waals surface area (Å²) in [5.74, 6) is 0.531. The van der Waals surface area contributed by atoms with E-state index in [0.717, 1.165) is 12.8 Å². The molecule has 1 rings (SSSR count). The fourth-order valence-electron chi connectivity index (χ4n) is 1.78. The largest absolute Gasteiger partial charge is 0.388 e. The summed E-state index contributed by atoms with van der Waals surface area (Å²) in [4.78, 5) is 14.0. The Morgan fingerprint density at radius 1 is 1.47 bits per heavy atom. The van der Waals surface area contributed by atoms with E-state index in [1.807, 2.05) is 13.0 Å². The summed E-state index contributed by atoms with van der Waals surface area (Å²) < 4.78 is 0. The van der Waals surface area contributed by atoms with E-state index in [9.17, 15) is 9.90 Å². The van der Waals surface area contributed by atoms with E-state index >= 15 is 0 Å². The third-order valence-corrected chi connectivity index (χ3v) is 2.91. The second kappa shape index (κ2) is 7.07. The highest BCUT2D eigenvalue weighted by atomic mass is 16.3. The van der Waals surface area contributed by atoms with Gasteiger partial charge in [-0.05, 0) is 44.2 Å². The van der Waals surface area contributed by atoms with Gasteiger partial charge in [-0.2, -0.15) is 0 Å². The molecule has 94 valence electrons. The molecule has 0 fully saturated rings. The van der Waals surface area contributed by atoms with Crippen LogP contribution in [0.1, 0.15) is 44.8 Å². The van der Waals surface area contributed by atoms with Crippen LogP contribution < -0.4 is 5.56 Å². The minimum absolute atomic E-state index is 0.193. The van der Waals surface area contributed by atoms with Crippen molar-refractivity contribution in [3.63, 3.8) is 0 Å². The highest BCUT2D eigenvalue weighted by Gasteiger charge is 2.12. The minimum atomic E-state index is -0.659. The Morgan fingerprint density at radius 3 is 2.88 bits per heavy atom.